The van der Waals surface area contributed by atoms with Crippen LogP contribution >= 0.6 is 0 Å². The van der Waals surface area contributed by atoms with Gasteiger partial charge in [0.25, 0.3) is 0 Å². The molecule has 0 saturated carbocycles. The van der Waals surface area contributed by atoms with Crippen LogP contribution in [0, 0.1) is 0 Å². The van der Waals surface area contributed by atoms with Gasteiger partial charge in [-0.1, -0.05) is 13.3 Å². The van der Waals surface area contributed by atoms with Crippen molar-refractivity contribution in [3.63, 3.8) is 0 Å². The standard InChI is InChI=1S/C15H26N2O3/c1-5-7-14(20-6-2)15(17-16)12-10-11(18-3)8-9-13(12)19-4/h8-10,14-15,17H,5-7,16H2,1-4H3. The normalized spacial score (nSPS) is 13.8. The molecular weight excluding hydrogens is 256 g/mol. The summed E-state index contributed by atoms with van der Waals surface area (Å²) in [6, 6.07) is 5.55. The lowest BCUT2D eigenvalue weighted by Gasteiger charge is -2.28. The lowest BCUT2D eigenvalue weighted by molar-refractivity contribution is 0.0269. The van der Waals surface area contributed by atoms with Crippen LogP contribution in [0.25, 0.3) is 0 Å². The molecule has 3 N–H and O–H groups in total. The second-order valence-electron chi connectivity index (χ2n) is 4.53. The zero-order chi connectivity index (χ0) is 15.0. The summed E-state index contributed by atoms with van der Waals surface area (Å²) >= 11 is 0. The molecule has 0 aliphatic rings. The lowest BCUT2D eigenvalue weighted by Crippen LogP contribution is -2.38. The first kappa shape index (κ1) is 16.8. The number of hydrogen-bond donors (Lipinski definition) is 2. The summed E-state index contributed by atoms with van der Waals surface area (Å²) in [7, 11) is 3.29. The Hall–Kier alpha value is -1.30. The fourth-order valence-electron chi connectivity index (χ4n) is 2.32. The molecule has 0 spiro atoms. The largest absolute Gasteiger partial charge is 0.497 e. The second kappa shape index (κ2) is 8.79. The monoisotopic (exact) mass is 282 g/mol. The molecule has 0 saturated heterocycles. The van der Waals surface area contributed by atoms with E-state index in [1.165, 1.54) is 0 Å². The van der Waals surface area contributed by atoms with Crippen LogP contribution in [0.4, 0.5) is 0 Å². The van der Waals surface area contributed by atoms with E-state index >= 15 is 0 Å². The smallest absolute Gasteiger partial charge is 0.124 e. The molecule has 0 amide bonds. The van der Waals surface area contributed by atoms with E-state index in [0.717, 1.165) is 29.9 Å². The van der Waals surface area contributed by atoms with Gasteiger partial charge in [0.05, 0.1) is 26.4 Å². The minimum absolute atomic E-state index is 0.00370. The maximum absolute atomic E-state index is 5.82. The van der Waals surface area contributed by atoms with Crippen molar-refractivity contribution in [2.24, 2.45) is 5.84 Å². The summed E-state index contributed by atoms with van der Waals surface area (Å²) < 4.78 is 16.5. The SMILES string of the molecule is CCCC(OCC)C(NN)c1cc(OC)ccc1OC. The molecule has 0 bridgehead atoms. The van der Waals surface area contributed by atoms with Gasteiger partial charge in [-0.05, 0) is 31.5 Å². The third-order valence-corrected chi connectivity index (χ3v) is 3.28. The van der Waals surface area contributed by atoms with Crippen molar-refractivity contribution >= 4 is 0 Å². The van der Waals surface area contributed by atoms with Crippen LogP contribution in [-0.4, -0.2) is 26.9 Å². The Morgan fingerprint density at radius 1 is 1.20 bits per heavy atom. The molecule has 0 fully saturated rings. The highest BCUT2D eigenvalue weighted by atomic mass is 16.5. The summed E-state index contributed by atoms with van der Waals surface area (Å²) in [5.74, 6) is 7.30. The number of nitrogens with one attached hydrogen (secondary N) is 1. The third kappa shape index (κ3) is 4.10. The Morgan fingerprint density at radius 2 is 1.95 bits per heavy atom. The first-order valence-corrected chi connectivity index (χ1v) is 7.01. The number of nitrogens with two attached hydrogens (primary N) is 1. The van der Waals surface area contributed by atoms with Crippen LogP contribution in [-0.2, 0) is 4.74 Å². The molecule has 0 aromatic heterocycles. The number of rotatable bonds is 9. The topological polar surface area (TPSA) is 65.7 Å². The number of methoxy groups -OCH3 is 2. The Kier molecular flexibility index (Phi) is 7.36. The van der Waals surface area contributed by atoms with Crippen LogP contribution in [0.15, 0.2) is 18.2 Å². The van der Waals surface area contributed by atoms with Crippen LogP contribution in [0.1, 0.15) is 38.3 Å². The molecule has 20 heavy (non-hydrogen) atoms. The van der Waals surface area contributed by atoms with E-state index in [9.17, 15) is 0 Å². The highest BCUT2D eigenvalue weighted by molar-refractivity contribution is 5.42. The van der Waals surface area contributed by atoms with E-state index in [1.54, 1.807) is 14.2 Å². The summed E-state index contributed by atoms with van der Waals surface area (Å²) in [5, 5.41) is 0. The van der Waals surface area contributed by atoms with Gasteiger partial charge < -0.3 is 14.2 Å². The highest BCUT2D eigenvalue weighted by Gasteiger charge is 2.25. The Morgan fingerprint density at radius 3 is 2.45 bits per heavy atom. The fourth-order valence-corrected chi connectivity index (χ4v) is 2.32. The molecule has 0 radical (unpaired) electrons. The third-order valence-electron chi connectivity index (χ3n) is 3.28. The summed E-state index contributed by atoms with van der Waals surface area (Å²) in [6.07, 6.45) is 1.94. The Balaban J connectivity index is 3.13. The number of hydrazine groups is 1. The van der Waals surface area contributed by atoms with Crippen LogP contribution < -0.4 is 20.7 Å². The molecule has 5 heteroatoms. The summed E-state index contributed by atoms with van der Waals surface area (Å²) in [4.78, 5) is 0. The van der Waals surface area contributed by atoms with Gasteiger partial charge in [-0.3, -0.25) is 11.3 Å². The average molecular weight is 282 g/mol. The van der Waals surface area contributed by atoms with Crippen molar-refractivity contribution in [2.45, 2.75) is 38.8 Å². The predicted octanol–water partition coefficient (Wildman–Crippen LogP) is 2.41. The van der Waals surface area contributed by atoms with Crippen molar-refractivity contribution in [1.82, 2.24) is 5.43 Å². The number of hydrogen-bond acceptors (Lipinski definition) is 5. The van der Waals surface area contributed by atoms with Gasteiger partial charge >= 0.3 is 0 Å². The van der Waals surface area contributed by atoms with Gasteiger partial charge in [0.2, 0.25) is 0 Å². The summed E-state index contributed by atoms with van der Waals surface area (Å²) in [5.41, 5.74) is 3.80. The van der Waals surface area contributed by atoms with Crippen molar-refractivity contribution in [3.05, 3.63) is 23.8 Å². The molecule has 1 aromatic carbocycles. The molecule has 0 heterocycles. The van der Waals surface area contributed by atoms with Gasteiger partial charge in [-0.2, -0.15) is 0 Å². The second-order valence-corrected chi connectivity index (χ2v) is 4.53. The first-order valence-electron chi connectivity index (χ1n) is 7.01. The van der Waals surface area contributed by atoms with Crippen molar-refractivity contribution in [1.29, 1.82) is 0 Å². The molecule has 0 aliphatic carbocycles. The zero-order valence-corrected chi connectivity index (χ0v) is 12.8. The molecule has 114 valence electrons. The fraction of sp³-hybridized carbons (Fsp3) is 0.600. The van der Waals surface area contributed by atoms with Gasteiger partial charge in [0.1, 0.15) is 11.5 Å². The van der Waals surface area contributed by atoms with Gasteiger partial charge in [-0.25, -0.2) is 0 Å². The molecule has 0 aliphatic heterocycles. The zero-order valence-electron chi connectivity index (χ0n) is 12.8. The first-order chi connectivity index (χ1) is 9.71. The van der Waals surface area contributed by atoms with E-state index in [2.05, 4.69) is 12.3 Å². The maximum atomic E-state index is 5.82. The highest BCUT2D eigenvalue weighted by Crippen LogP contribution is 2.32. The van der Waals surface area contributed by atoms with Crippen molar-refractivity contribution in [2.75, 3.05) is 20.8 Å². The minimum atomic E-state index is -0.139. The van der Waals surface area contributed by atoms with E-state index in [4.69, 9.17) is 20.1 Å². The molecule has 1 aromatic rings. The maximum Gasteiger partial charge on any atom is 0.124 e. The van der Waals surface area contributed by atoms with Crippen molar-refractivity contribution in [3.8, 4) is 11.5 Å². The molecule has 2 atom stereocenters. The lowest BCUT2D eigenvalue weighted by atomic mass is 9.97. The molecule has 2 unspecified atom stereocenters. The molecule has 5 nitrogen and oxygen atoms in total. The van der Waals surface area contributed by atoms with Gasteiger partial charge in [0, 0.05) is 12.2 Å². The van der Waals surface area contributed by atoms with E-state index in [-0.39, 0.29) is 12.1 Å². The van der Waals surface area contributed by atoms with E-state index in [0.29, 0.717) is 6.61 Å². The van der Waals surface area contributed by atoms with E-state index < -0.39 is 0 Å². The number of ether oxygens (including phenoxy) is 3. The molecule has 1 rings (SSSR count). The van der Waals surface area contributed by atoms with Crippen LogP contribution in [0.2, 0.25) is 0 Å². The van der Waals surface area contributed by atoms with Crippen molar-refractivity contribution < 1.29 is 14.2 Å². The molecular formula is C15H26N2O3. The summed E-state index contributed by atoms with van der Waals surface area (Å²) in [6.45, 7) is 4.76. The van der Waals surface area contributed by atoms with Crippen LogP contribution in [0.3, 0.4) is 0 Å². The van der Waals surface area contributed by atoms with Gasteiger partial charge in [0.15, 0.2) is 0 Å². The van der Waals surface area contributed by atoms with Crippen LogP contribution in [0.5, 0.6) is 11.5 Å². The predicted molar refractivity (Wildman–Crippen MR) is 79.9 cm³/mol. The minimum Gasteiger partial charge on any atom is -0.497 e. The quantitative estimate of drug-likeness (QED) is 0.538. The Bertz CT molecular complexity index is 393. The number of benzene rings is 1. The Labute approximate surface area is 121 Å². The van der Waals surface area contributed by atoms with Gasteiger partial charge in [-0.15, -0.1) is 0 Å². The average Bonchev–Trinajstić information content (AvgIpc) is 2.48. The van der Waals surface area contributed by atoms with E-state index in [1.807, 2.05) is 25.1 Å².